The second-order valence-corrected chi connectivity index (χ2v) is 10.0. The minimum absolute atomic E-state index is 0.0930. The largest absolute Gasteiger partial charge is 0.493 e. The maximum Gasteiger partial charge on any atom is 0.265 e. The number of carbonyl (C=O) groups excluding carboxylic acids is 1. The van der Waals surface area contributed by atoms with E-state index in [2.05, 4.69) is 11.4 Å². The first-order chi connectivity index (χ1) is 18.4. The molecule has 2 heterocycles. The van der Waals surface area contributed by atoms with Gasteiger partial charge in [0.25, 0.3) is 5.91 Å². The van der Waals surface area contributed by atoms with Gasteiger partial charge in [-0.15, -0.1) is 11.3 Å². The van der Waals surface area contributed by atoms with Gasteiger partial charge in [-0.3, -0.25) is 9.59 Å². The fourth-order valence-electron chi connectivity index (χ4n) is 4.62. The van der Waals surface area contributed by atoms with Crippen LogP contribution in [-0.2, 0) is 17.6 Å². The molecule has 1 aliphatic carbocycles. The molecule has 1 atom stereocenters. The number of aryl methyl sites for hydroxylation is 1. The van der Waals surface area contributed by atoms with E-state index in [9.17, 15) is 14.9 Å². The van der Waals surface area contributed by atoms with Crippen LogP contribution in [0.15, 0.2) is 51.7 Å². The van der Waals surface area contributed by atoms with E-state index < -0.39 is 17.4 Å². The zero-order chi connectivity index (χ0) is 26.8. The highest BCUT2D eigenvalue weighted by Crippen LogP contribution is 2.39. The summed E-state index contributed by atoms with van der Waals surface area (Å²) in [5.74, 6) is 0.568. The van der Waals surface area contributed by atoms with Crippen LogP contribution in [0.2, 0.25) is 0 Å². The lowest BCUT2D eigenvalue weighted by molar-refractivity contribution is -0.122. The zero-order valence-corrected chi connectivity index (χ0v) is 22.1. The second-order valence-electron chi connectivity index (χ2n) is 8.93. The van der Waals surface area contributed by atoms with Crippen LogP contribution in [0, 0.1) is 11.3 Å². The van der Waals surface area contributed by atoms with E-state index in [1.807, 2.05) is 0 Å². The summed E-state index contributed by atoms with van der Waals surface area (Å²) in [6.45, 7) is 1.56. The third-order valence-electron chi connectivity index (χ3n) is 6.59. The van der Waals surface area contributed by atoms with E-state index in [0.29, 0.717) is 38.6 Å². The van der Waals surface area contributed by atoms with Gasteiger partial charge in [0.1, 0.15) is 16.7 Å². The van der Waals surface area contributed by atoms with Crippen molar-refractivity contribution in [3.05, 3.63) is 68.7 Å². The highest BCUT2D eigenvalue weighted by molar-refractivity contribution is 7.16. The van der Waals surface area contributed by atoms with Crippen LogP contribution in [0.5, 0.6) is 17.2 Å². The standard InChI is InChI=1S/C29H26N2O6S/c1-16(28(33)31-29-20(15-30)18-8-5-7-11-24(18)38-29)36-27-25(32)19-9-4-6-10-21(19)37-26(27)17-12-13-22(34-2)23(14-17)35-3/h4,6,9-10,12-14,16H,5,7-8,11H2,1-3H3,(H,31,33). The lowest BCUT2D eigenvalue weighted by Gasteiger charge is -2.17. The Morgan fingerprint density at radius 3 is 2.63 bits per heavy atom. The van der Waals surface area contributed by atoms with Gasteiger partial charge in [-0.2, -0.15) is 5.26 Å². The minimum Gasteiger partial charge on any atom is -0.493 e. The molecule has 4 aromatic rings. The number of ether oxygens (including phenoxy) is 3. The molecule has 0 aliphatic heterocycles. The van der Waals surface area contributed by atoms with Crippen LogP contribution in [0.3, 0.4) is 0 Å². The van der Waals surface area contributed by atoms with E-state index in [-0.39, 0.29) is 11.5 Å². The molecular formula is C29H26N2O6S. The van der Waals surface area contributed by atoms with Crippen LogP contribution in [0.4, 0.5) is 5.00 Å². The molecule has 2 aromatic heterocycles. The third kappa shape index (κ3) is 4.59. The van der Waals surface area contributed by atoms with Gasteiger partial charge in [-0.1, -0.05) is 12.1 Å². The number of thiophene rings is 1. The van der Waals surface area contributed by atoms with E-state index >= 15 is 0 Å². The van der Waals surface area contributed by atoms with Crippen LogP contribution in [-0.4, -0.2) is 26.2 Å². The average Bonchev–Trinajstić information content (AvgIpc) is 3.30. The molecule has 0 spiro atoms. The maximum atomic E-state index is 13.5. The Balaban J connectivity index is 1.51. The summed E-state index contributed by atoms with van der Waals surface area (Å²) >= 11 is 1.44. The topological polar surface area (TPSA) is 111 Å². The molecule has 38 heavy (non-hydrogen) atoms. The van der Waals surface area contributed by atoms with Gasteiger partial charge in [0, 0.05) is 10.4 Å². The van der Waals surface area contributed by atoms with E-state index in [1.54, 1.807) is 49.4 Å². The van der Waals surface area contributed by atoms with E-state index in [4.69, 9.17) is 18.6 Å². The lowest BCUT2D eigenvalue weighted by atomic mass is 9.96. The number of nitrogens with zero attached hydrogens (tertiary/aromatic N) is 1. The molecule has 8 nitrogen and oxygen atoms in total. The number of nitriles is 1. The Labute approximate surface area is 223 Å². The molecule has 1 amide bonds. The van der Waals surface area contributed by atoms with Gasteiger partial charge < -0.3 is 23.9 Å². The SMILES string of the molecule is COc1ccc(-c2oc3ccccc3c(=O)c2OC(C)C(=O)Nc2sc3c(c2C#N)CCCC3)cc1OC. The smallest absolute Gasteiger partial charge is 0.265 e. The molecule has 1 unspecified atom stereocenters. The minimum atomic E-state index is -1.05. The molecule has 0 radical (unpaired) electrons. The molecule has 2 aromatic carbocycles. The van der Waals surface area contributed by atoms with E-state index in [0.717, 1.165) is 36.1 Å². The number of hydrogen-bond donors (Lipinski definition) is 1. The monoisotopic (exact) mass is 530 g/mol. The molecular weight excluding hydrogens is 504 g/mol. The maximum absolute atomic E-state index is 13.5. The summed E-state index contributed by atoms with van der Waals surface area (Å²) < 4.78 is 22.9. The molecule has 5 rings (SSSR count). The van der Waals surface area contributed by atoms with E-state index in [1.165, 1.54) is 25.6 Å². The first-order valence-electron chi connectivity index (χ1n) is 12.3. The van der Waals surface area contributed by atoms with Crippen molar-refractivity contribution in [1.82, 2.24) is 0 Å². The Morgan fingerprint density at radius 1 is 1.11 bits per heavy atom. The summed E-state index contributed by atoms with van der Waals surface area (Å²) in [4.78, 5) is 27.9. The van der Waals surface area contributed by atoms with Crippen LogP contribution >= 0.6 is 11.3 Å². The molecule has 0 fully saturated rings. The molecule has 1 aliphatic rings. The van der Waals surface area contributed by atoms with Crippen LogP contribution in [0.1, 0.15) is 35.8 Å². The lowest BCUT2D eigenvalue weighted by Crippen LogP contribution is -2.31. The fourth-order valence-corrected chi connectivity index (χ4v) is 5.86. The second kappa shape index (κ2) is 10.6. The van der Waals surface area contributed by atoms with Crippen molar-refractivity contribution in [2.24, 2.45) is 0 Å². The Kier molecular flexibility index (Phi) is 7.07. The van der Waals surface area contributed by atoms with Crippen molar-refractivity contribution in [2.75, 3.05) is 19.5 Å². The highest BCUT2D eigenvalue weighted by atomic mass is 32.1. The summed E-state index contributed by atoms with van der Waals surface area (Å²) in [5.41, 5.74) is 2.04. The number of fused-ring (bicyclic) bond motifs is 2. The summed E-state index contributed by atoms with van der Waals surface area (Å²) in [7, 11) is 3.05. The molecule has 0 bridgehead atoms. The van der Waals surface area contributed by atoms with Gasteiger partial charge in [0.05, 0.1) is 25.2 Å². The number of anilines is 1. The van der Waals surface area contributed by atoms with Crippen molar-refractivity contribution in [1.29, 1.82) is 5.26 Å². The number of para-hydroxylation sites is 1. The van der Waals surface area contributed by atoms with Crippen molar-refractivity contribution >= 4 is 33.2 Å². The Bertz CT molecular complexity index is 1630. The van der Waals surface area contributed by atoms with Crippen molar-refractivity contribution in [3.8, 4) is 34.6 Å². The predicted octanol–water partition coefficient (Wildman–Crippen LogP) is 5.70. The van der Waals surface area contributed by atoms with Gasteiger partial charge in [-0.05, 0) is 68.5 Å². The zero-order valence-electron chi connectivity index (χ0n) is 21.3. The summed E-state index contributed by atoms with van der Waals surface area (Å²) in [6.07, 6.45) is 2.79. The van der Waals surface area contributed by atoms with Crippen LogP contribution in [0.25, 0.3) is 22.3 Å². The van der Waals surface area contributed by atoms with Gasteiger partial charge >= 0.3 is 0 Å². The van der Waals surface area contributed by atoms with Crippen molar-refractivity contribution in [3.63, 3.8) is 0 Å². The first kappa shape index (κ1) is 25.4. The van der Waals surface area contributed by atoms with Crippen molar-refractivity contribution < 1.29 is 23.4 Å². The number of benzene rings is 2. The van der Waals surface area contributed by atoms with Gasteiger partial charge in [0.15, 0.2) is 23.4 Å². The number of nitrogens with one attached hydrogen (secondary N) is 1. The fraction of sp³-hybridized carbons (Fsp3) is 0.276. The van der Waals surface area contributed by atoms with Gasteiger partial charge in [-0.25, -0.2) is 0 Å². The quantitative estimate of drug-likeness (QED) is 0.326. The molecule has 0 saturated carbocycles. The molecule has 1 N–H and O–H groups in total. The first-order valence-corrected chi connectivity index (χ1v) is 13.1. The Hall–Kier alpha value is -4.29. The molecule has 194 valence electrons. The normalized spacial score (nSPS) is 13.3. The number of methoxy groups -OCH3 is 2. The number of amides is 1. The third-order valence-corrected chi connectivity index (χ3v) is 7.79. The summed E-state index contributed by atoms with van der Waals surface area (Å²) in [5, 5.41) is 13.4. The predicted molar refractivity (Wildman–Crippen MR) is 145 cm³/mol. The van der Waals surface area contributed by atoms with Crippen molar-refractivity contribution in [2.45, 2.75) is 38.7 Å². The highest BCUT2D eigenvalue weighted by Gasteiger charge is 2.26. The molecule has 9 heteroatoms. The Morgan fingerprint density at radius 2 is 1.87 bits per heavy atom. The average molecular weight is 531 g/mol. The van der Waals surface area contributed by atoms with Gasteiger partial charge in [0.2, 0.25) is 11.2 Å². The summed E-state index contributed by atoms with van der Waals surface area (Å²) in [6, 6.07) is 14.2. The number of hydrogen-bond acceptors (Lipinski definition) is 8. The van der Waals surface area contributed by atoms with Crippen LogP contribution < -0.4 is 25.0 Å². The number of carbonyl (C=O) groups is 1. The molecule has 0 saturated heterocycles. The number of rotatable bonds is 7.